The summed E-state index contributed by atoms with van der Waals surface area (Å²) in [7, 11) is 0. The van der Waals surface area contributed by atoms with Gasteiger partial charge in [0.25, 0.3) is 0 Å². The van der Waals surface area contributed by atoms with Gasteiger partial charge in [0.1, 0.15) is 25.4 Å². The van der Waals surface area contributed by atoms with Gasteiger partial charge in [0.05, 0.1) is 23.6 Å². The molecule has 154 valence electrons. The van der Waals surface area contributed by atoms with E-state index in [1.165, 1.54) is 28.1 Å². The van der Waals surface area contributed by atoms with Crippen molar-refractivity contribution in [2.75, 3.05) is 18.4 Å². The molecule has 2 bridgehead atoms. The highest BCUT2D eigenvalue weighted by molar-refractivity contribution is 5.84. The van der Waals surface area contributed by atoms with Crippen molar-refractivity contribution in [3.8, 4) is 6.07 Å². The predicted molar refractivity (Wildman–Crippen MR) is 120 cm³/mol. The number of aldehydes is 1. The molecule has 1 aliphatic carbocycles. The molecule has 31 heavy (non-hydrogen) atoms. The molecule has 2 aromatic carbocycles. The van der Waals surface area contributed by atoms with Crippen molar-refractivity contribution in [2.24, 2.45) is 5.92 Å². The molecule has 3 heterocycles. The second-order valence-electron chi connectivity index (χ2n) is 9.57. The first kappa shape index (κ1) is 18.6. The number of quaternary nitrogens is 1. The Kier molecular flexibility index (Phi) is 3.85. The van der Waals surface area contributed by atoms with Crippen molar-refractivity contribution < 1.29 is 9.28 Å². The van der Waals surface area contributed by atoms with E-state index in [-0.39, 0.29) is 11.3 Å². The topological polar surface area (TPSA) is 52.9 Å². The van der Waals surface area contributed by atoms with E-state index in [0.717, 1.165) is 48.8 Å². The van der Waals surface area contributed by atoms with Gasteiger partial charge in [-0.2, -0.15) is 5.26 Å². The van der Waals surface area contributed by atoms with E-state index < -0.39 is 0 Å². The van der Waals surface area contributed by atoms with Gasteiger partial charge in [-0.3, -0.25) is 4.79 Å². The lowest BCUT2D eigenvalue weighted by Crippen LogP contribution is -2.62. The maximum Gasteiger partial charge on any atom is 0.148 e. The van der Waals surface area contributed by atoms with Gasteiger partial charge in [0, 0.05) is 41.3 Å². The standard InChI is InChI=1S/C27H25N3O/c1-2-20-16-30(15-19-9-7-18(14-28)8-10-19)12-11-27-23-5-3-4-6-24(23)29-26(27)22(17-31)21(20)13-25(27)30/h2-10,17,21,25H,11-13,15-16H2,1H3/p+1/b20-2-/t21-,25+,27+,30?/m0/s1. The fourth-order valence-corrected chi connectivity index (χ4v) is 7.18. The largest absolute Gasteiger partial charge is 0.357 e. The van der Waals surface area contributed by atoms with Crippen LogP contribution in [0.2, 0.25) is 0 Å². The minimum Gasteiger partial charge on any atom is -0.357 e. The Balaban J connectivity index is 1.54. The summed E-state index contributed by atoms with van der Waals surface area (Å²) in [5.74, 6) is 0.225. The van der Waals surface area contributed by atoms with E-state index in [4.69, 9.17) is 0 Å². The SMILES string of the molecule is C/C=C1/C[N+]2(Cc3ccc(C#N)cc3)CC[C@]34C(=C(C=O)[C@H]1C[C@H]32)Nc1ccccc14. The molecule has 0 radical (unpaired) electrons. The molecule has 0 saturated carbocycles. The predicted octanol–water partition coefficient (Wildman–Crippen LogP) is 4.44. The number of rotatable bonds is 3. The molecule has 3 aliphatic heterocycles. The summed E-state index contributed by atoms with van der Waals surface area (Å²) in [6.45, 7) is 5.19. The Bertz CT molecular complexity index is 1200. The van der Waals surface area contributed by atoms with Gasteiger partial charge in [0.2, 0.25) is 0 Å². The highest BCUT2D eigenvalue weighted by Gasteiger charge is 2.68. The highest BCUT2D eigenvalue weighted by atomic mass is 16.1. The second kappa shape index (κ2) is 6.42. The lowest BCUT2D eigenvalue weighted by molar-refractivity contribution is -0.954. The van der Waals surface area contributed by atoms with Crippen molar-refractivity contribution >= 4 is 12.0 Å². The van der Waals surface area contributed by atoms with Gasteiger partial charge in [-0.25, -0.2) is 0 Å². The second-order valence-corrected chi connectivity index (χ2v) is 9.57. The molecule has 4 heteroatoms. The molecule has 1 spiro atoms. The van der Waals surface area contributed by atoms with Gasteiger partial charge in [-0.15, -0.1) is 0 Å². The number of fused-ring (bicyclic) bond motifs is 2. The van der Waals surface area contributed by atoms with E-state index in [2.05, 4.69) is 60.8 Å². The molecule has 2 saturated heterocycles. The van der Waals surface area contributed by atoms with Crippen molar-refractivity contribution in [1.82, 2.24) is 0 Å². The first-order valence-electron chi connectivity index (χ1n) is 11.2. The Labute approximate surface area is 183 Å². The van der Waals surface area contributed by atoms with E-state index in [1.54, 1.807) is 0 Å². The zero-order valence-electron chi connectivity index (χ0n) is 17.8. The summed E-state index contributed by atoms with van der Waals surface area (Å²) in [5.41, 5.74) is 7.99. The van der Waals surface area contributed by atoms with Crippen LogP contribution in [0.1, 0.15) is 36.5 Å². The van der Waals surface area contributed by atoms with E-state index in [9.17, 15) is 10.1 Å². The van der Waals surface area contributed by atoms with Crippen LogP contribution in [0.3, 0.4) is 0 Å². The summed E-state index contributed by atoms with van der Waals surface area (Å²) >= 11 is 0. The van der Waals surface area contributed by atoms with Crippen LogP contribution in [0.5, 0.6) is 0 Å². The Morgan fingerprint density at radius 3 is 2.77 bits per heavy atom. The zero-order chi connectivity index (χ0) is 21.2. The monoisotopic (exact) mass is 408 g/mol. The number of carbonyl (C=O) groups excluding carboxylic acids is 1. The van der Waals surface area contributed by atoms with Crippen LogP contribution in [0.25, 0.3) is 0 Å². The molecule has 4 atom stereocenters. The number of benzene rings is 2. The van der Waals surface area contributed by atoms with Crippen LogP contribution in [0.4, 0.5) is 5.69 Å². The number of allylic oxidation sites excluding steroid dienone is 2. The van der Waals surface area contributed by atoms with Gasteiger partial charge >= 0.3 is 0 Å². The van der Waals surface area contributed by atoms with Crippen LogP contribution >= 0.6 is 0 Å². The number of piperidine rings is 1. The molecule has 2 fully saturated rings. The summed E-state index contributed by atoms with van der Waals surface area (Å²) < 4.78 is 1.04. The number of carbonyl (C=O) groups is 1. The Morgan fingerprint density at radius 2 is 2.03 bits per heavy atom. The zero-order valence-corrected chi connectivity index (χ0v) is 17.8. The fraction of sp³-hybridized carbons (Fsp3) is 0.333. The smallest absolute Gasteiger partial charge is 0.148 e. The van der Waals surface area contributed by atoms with Gasteiger partial charge in [0.15, 0.2) is 0 Å². The van der Waals surface area contributed by atoms with Crippen LogP contribution in [-0.4, -0.2) is 29.9 Å². The maximum absolute atomic E-state index is 12.4. The third kappa shape index (κ3) is 2.30. The Morgan fingerprint density at radius 1 is 1.23 bits per heavy atom. The van der Waals surface area contributed by atoms with Gasteiger partial charge in [-0.1, -0.05) is 36.4 Å². The van der Waals surface area contributed by atoms with Gasteiger partial charge < -0.3 is 9.80 Å². The first-order valence-corrected chi connectivity index (χ1v) is 11.2. The number of anilines is 1. The third-order valence-corrected chi connectivity index (χ3v) is 8.44. The summed E-state index contributed by atoms with van der Waals surface area (Å²) in [6, 6.07) is 19.4. The van der Waals surface area contributed by atoms with Crippen molar-refractivity contribution in [2.45, 2.75) is 37.8 Å². The number of nitriles is 1. The van der Waals surface area contributed by atoms with E-state index in [0.29, 0.717) is 11.6 Å². The van der Waals surface area contributed by atoms with Crippen LogP contribution in [-0.2, 0) is 16.8 Å². The average Bonchev–Trinajstić information content (AvgIpc) is 3.33. The highest BCUT2D eigenvalue weighted by Crippen LogP contribution is 2.63. The molecule has 0 aromatic heterocycles. The Hall–Kier alpha value is -3.16. The van der Waals surface area contributed by atoms with E-state index >= 15 is 0 Å². The number of nitrogens with one attached hydrogen (secondary N) is 1. The molecule has 0 amide bonds. The van der Waals surface area contributed by atoms with Crippen LogP contribution in [0, 0.1) is 17.2 Å². The summed E-state index contributed by atoms with van der Waals surface area (Å²) in [4.78, 5) is 12.4. The molecule has 1 N–H and O–H groups in total. The van der Waals surface area contributed by atoms with E-state index in [1.807, 2.05) is 12.1 Å². The molecule has 1 unspecified atom stereocenters. The molecule has 6 rings (SSSR count). The number of hydrogen-bond acceptors (Lipinski definition) is 3. The van der Waals surface area contributed by atoms with Crippen molar-refractivity contribution in [3.63, 3.8) is 0 Å². The normalized spacial score (nSPS) is 33.5. The number of nitrogens with zero attached hydrogens (tertiary/aromatic N) is 2. The number of para-hydroxylation sites is 1. The minimum atomic E-state index is -0.0881. The lowest BCUT2D eigenvalue weighted by atomic mass is 9.61. The summed E-state index contributed by atoms with van der Waals surface area (Å²) in [6.07, 6.45) is 5.47. The fourth-order valence-electron chi connectivity index (χ4n) is 7.18. The molecular formula is C27H26N3O+. The minimum absolute atomic E-state index is 0.0881. The third-order valence-electron chi connectivity index (χ3n) is 8.44. The quantitative estimate of drug-likeness (QED) is 0.464. The molecule has 4 aliphatic rings. The average molecular weight is 409 g/mol. The molecule has 2 aromatic rings. The van der Waals surface area contributed by atoms with Gasteiger partial charge in [-0.05, 0) is 36.3 Å². The number of hydrogen-bond donors (Lipinski definition) is 1. The van der Waals surface area contributed by atoms with Crippen LogP contribution < -0.4 is 5.32 Å². The molecule has 4 nitrogen and oxygen atoms in total. The maximum atomic E-state index is 12.4. The lowest BCUT2D eigenvalue weighted by Gasteiger charge is -2.53. The van der Waals surface area contributed by atoms with Crippen molar-refractivity contribution in [3.05, 3.63) is 88.1 Å². The molecular weight excluding hydrogens is 382 g/mol. The first-order chi connectivity index (χ1) is 15.1. The van der Waals surface area contributed by atoms with Crippen molar-refractivity contribution in [1.29, 1.82) is 5.26 Å². The summed E-state index contributed by atoms with van der Waals surface area (Å²) in [5, 5.41) is 12.9. The van der Waals surface area contributed by atoms with Crippen LogP contribution in [0.15, 0.2) is 71.5 Å².